The zero-order valence-electron chi connectivity index (χ0n) is 9.67. The highest BCUT2D eigenvalue weighted by molar-refractivity contribution is 5.32. The summed E-state index contributed by atoms with van der Waals surface area (Å²) >= 11 is 0. The Morgan fingerprint density at radius 2 is 2.35 bits per heavy atom. The number of hydrogen-bond donors (Lipinski definition) is 3. The van der Waals surface area contributed by atoms with E-state index >= 15 is 0 Å². The van der Waals surface area contributed by atoms with E-state index in [9.17, 15) is 0 Å². The topological polar surface area (TPSA) is 94.8 Å². The highest BCUT2D eigenvalue weighted by Crippen LogP contribution is 2.17. The van der Waals surface area contributed by atoms with Crippen LogP contribution in [0.5, 0.6) is 0 Å². The molecule has 0 amide bonds. The summed E-state index contributed by atoms with van der Waals surface area (Å²) in [6.07, 6.45) is 6.18. The molecule has 6 heteroatoms. The van der Waals surface area contributed by atoms with Crippen LogP contribution in [0.2, 0.25) is 0 Å². The van der Waals surface area contributed by atoms with E-state index in [-0.39, 0.29) is 6.04 Å². The largest absolute Gasteiger partial charge is 0.384 e. The van der Waals surface area contributed by atoms with Crippen LogP contribution in [-0.4, -0.2) is 14.8 Å². The number of aryl methyl sites for hydroxylation is 1. The zero-order valence-corrected chi connectivity index (χ0v) is 9.67. The van der Waals surface area contributed by atoms with E-state index in [4.69, 9.17) is 11.6 Å². The summed E-state index contributed by atoms with van der Waals surface area (Å²) < 4.78 is 1.75. The van der Waals surface area contributed by atoms with E-state index < -0.39 is 0 Å². The van der Waals surface area contributed by atoms with Gasteiger partial charge in [0.15, 0.2) is 0 Å². The molecule has 0 aliphatic carbocycles. The maximum atomic E-state index is 5.64. The van der Waals surface area contributed by atoms with Gasteiger partial charge < -0.3 is 5.73 Å². The van der Waals surface area contributed by atoms with Gasteiger partial charge in [-0.2, -0.15) is 5.10 Å². The number of pyridine rings is 1. The van der Waals surface area contributed by atoms with Gasteiger partial charge in [-0.25, -0.2) is 4.98 Å². The molecule has 0 bridgehead atoms. The molecule has 90 valence electrons. The van der Waals surface area contributed by atoms with Crippen molar-refractivity contribution in [1.82, 2.24) is 20.2 Å². The summed E-state index contributed by atoms with van der Waals surface area (Å²) in [4.78, 5) is 3.96. The van der Waals surface area contributed by atoms with Crippen LogP contribution in [-0.2, 0) is 13.5 Å². The molecule has 1 unspecified atom stereocenters. The third-order valence-electron chi connectivity index (χ3n) is 2.61. The summed E-state index contributed by atoms with van der Waals surface area (Å²) in [5, 5.41) is 4.13. The Morgan fingerprint density at radius 1 is 1.53 bits per heavy atom. The monoisotopic (exact) mass is 232 g/mol. The van der Waals surface area contributed by atoms with Crippen molar-refractivity contribution in [1.29, 1.82) is 0 Å². The molecule has 0 fully saturated rings. The molecule has 5 N–H and O–H groups in total. The molecular formula is C11H16N6. The fourth-order valence-electron chi connectivity index (χ4n) is 1.75. The van der Waals surface area contributed by atoms with Crippen molar-refractivity contribution in [2.45, 2.75) is 12.5 Å². The number of anilines is 1. The smallest absolute Gasteiger partial charge is 0.123 e. The molecule has 0 spiro atoms. The first-order valence-corrected chi connectivity index (χ1v) is 5.34. The molecule has 0 aromatic carbocycles. The first-order chi connectivity index (χ1) is 8.19. The van der Waals surface area contributed by atoms with E-state index in [0.717, 1.165) is 17.5 Å². The van der Waals surface area contributed by atoms with E-state index in [1.807, 2.05) is 25.4 Å². The Labute approximate surface area is 99.6 Å². The molecule has 6 nitrogen and oxygen atoms in total. The molecule has 1 atom stereocenters. The summed E-state index contributed by atoms with van der Waals surface area (Å²) in [6.45, 7) is 0. The first kappa shape index (κ1) is 11.6. The van der Waals surface area contributed by atoms with Gasteiger partial charge in [0.05, 0.1) is 12.2 Å². The maximum Gasteiger partial charge on any atom is 0.123 e. The summed E-state index contributed by atoms with van der Waals surface area (Å²) in [7, 11) is 1.88. The molecule has 0 saturated heterocycles. The van der Waals surface area contributed by atoms with Crippen LogP contribution in [0.25, 0.3) is 0 Å². The van der Waals surface area contributed by atoms with E-state index in [2.05, 4.69) is 15.5 Å². The van der Waals surface area contributed by atoms with Crippen LogP contribution >= 0.6 is 0 Å². The molecule has 2 aromatic heterocycles. The Bertz CT molecular complexity index is 492. The van der Waals surface area contributed by atoms with Crippen LogP contribution in [0.3, 0.4) is 0 Å². The van der Waals surface area contributed by atoms with Gasteiger partial charge in [0.25, 0.3) is 0 Å². The minimum Gasteiger partial charge on any atom is -0.384 e. The average molecular weight is 232 g/mol. The van der Waals surface area contributed by atoms with Crippen molar-refractivity contribution in [3.8, 4) is 0 Å². The van der Waals surface area contributed by atoms with Gasteiger partial charge in [-0.05, 0) is 24.1 Å². The van der Waals surface area contributed by atoms with Gasteiger partial charge in [0, 0.05) is 25.0 Å². The standard InChI is InChI=1S/C11H16N6/c1-17-7-9(6-15-17)10(16-13)4-8-2-3-14-11(12)5-8/h2-3,5-7,10,16H,4,13H2,1H3,(H2,12,14). The molecule has 2 rings (SSSR count). The van der Waals surface area contributed by atoms with Gasteiger partial charge in [-0.15, -0.1) is 0 Å². The van der Waals surface area contributed by atoms with Crippen LogP contribution in [0.4, 0.5) is 5.82 Å². The number of hydrazine groups is 1. The lowest BCUT2D eigenvalue weighted by molar-refractivity contribution is 0.551. The second-order valence-corrected chi connectivity index (χ2v) is 3.96. The Morgan fingerprint density at radius 3 is 2.94 bits per heavy atom. The molecule has 0 radical (unpaired) electrons. The molecule has 2 heterocycles. The summed E-state index contributed by atoms with van der Waals surface area (Å²) in [5.74, 6) is 6.08. The van der Waals surface area contributed by atoms with Crippen LogP contribution in [0.1, 0.15) is 17.2 Å². The minimum atomic E-state index is 0.0190. The van der Waals surface area contributed by atoms with Crippen molar-refractivity contribution in [3.05, 3.63) is 41.9 Å². The van der Waals surface area contributed by atoms with Crippen LogP contribution in [0, 0.1) is 0 Å². The van der Waals surface area contributed by atoms with E-state index in [0.29, 0.717) is 5.82 Å². The Kier molecular flexibility index (Phi) is 3.36. The van der Waals surface area contributed by atoms with Gasteiger partial charge in [0.2, 0.25) is 0 Å². The third-order valence-corrected chi connectivity index (χ3v) is 2.61. The molecule has 2 aromatic rings. The maximum absolute atomic E-state index is 5.64. The van der Waals surface area contributed by atoms with Crippen molar-refractivity contribution in [2.24, 2.45) is 12.9 Å². The third kappa shape index (κ3) is 2.80. The predicted molar refractivity (Wildman–Crippen MR) is 65.6 cm³/mol. The number of nitrogens with two attached hydrogens (primary N) is 2. The average Bonchev–Trinajstić information content (AvgIpc) is 2.73. The van der Waals surface area contributed by atoms with Crippen molar-refractivity contribution in [2.75, 3.05) is 5.73 Å². The normalized spacial score (nSPS) is 12.6. The minimum absolute atomic E-state index is 0.0190. The zero-order chi connectivity index (χ0) is 12.3. The number of rotatable bonds is 4. The number of nitrogen functional groups attached to an aromatic ring is 1. The SMILES string of the molecule is Cn1cc(C(Cc2ccnc(N)c2)NN)cn1. The number of nitrogens with one attached hydrogen (secondary N) is 1. The second-order valence-electron chi connectivity index (χ2n) is 3.96. The van der Waals surface area contributed by atoms with Crippen LogP contribution in [0.15, 0.2) is 30.7 Å². The second kappa shape index (κ2) is 4.94. The fourth-order valence-corrected chi connectivity index (χ4v) is 1.75. The van der Waals surface area contributed by atoms with Gasteiger partial charge in [-0.3, -0.25) is 16.0 Å². The number of hydrogen-bond acceptors (Lipinski definition) is 5. The van der Waals surface area contributed by atoms with E-state index in [1.165, 1.54) is 0 Å². The highest BCUT2D eigenvalue weighted by atomic mass is 15.3. The van der Waals surface area contributed by atoms with Crippen molar-refractivity contribution in [3.63, 3.8) is 0 Å². The van der Waals surface area contributed by atoms with Gasteiger partial charge >= 0.3 is 0 Å². The van der Waals surface area contributed by atoms with E-state index in [1.54, 1.807) is 17.1 Å². The first-order valence-electron chi connectivity index (χ1n) is 5.34. The summed E-state index contributed by atoms with van der Waals surface area (Å²) in [6, 6.07) is 3.79. The fraction of sp³-hybridized carbons (Fsp3) is 0.273. The lowest BCUT2D eigenvalue weighted by atomic mass is 10.0. The molecule has 0 aliphatic rings. The Balaban J connectivity index is 2.15. The van der Waals surface area contributed by atoms with Crippen molar-refractivity contribution >= 4 is 5.82 Å². The summed E-state index contributed by atoms with van der Waals surface area (Å²) in [5.41, 5.74) is 10.6. The Hall–Kier alpha value is -1.92. The van der Waals surface area contributed by atoms with Crippen LogP contribution < -0.4 is 17.0 Å². The van der Waals surface area contributed by atoms with Crippen molar-refractivity contribution < 1.29 is 0 Å². The predicted octanol–water partition coefficient (Wildman–Crippen LogP) is 0.144. The molecule has 0 aliphatic heterocycles. The van der Waals surface area contributed by atoms with Gasteiger partial charge in [0.1, 0.15) is 5.82 Å². The quantitative estimate of drug-likeness (QED) is 0.515. The highest BCUT2D eigenvalue weighted by Gasteiger charge is 2.12. The lowest BCUT2D eigenvalue weighted by Gasteiger charge is -2.14. The lowest BCUT2D eigenvalue weighted by Crippen LogP contribution is -2.29. The molecule has 0 saturated carbocycles. The number of aromatic nitrogens is 3. The molecular weight excluding hydrogens is 216 g/mol. The molecule has 17 heavy (non-hydrogen) atoms. The number of nitrogens with zero attached hydrogens (tertiary/aromatic N) is 3. The van der Waals surface area contributed by atoms with Gasteiger partial charge in [-0.1, -0.05) is 0 Å².